The van der Waals surface area contributed by atoms with E-state index >= 15 is 0 Å². The number of aromatic nitrogens is 2. The molecule has 1 aliphatic heterocycles. The number of fused-ring (bicyclic) bond motifs is 1. The molecule has 1 N–H and O–H groups in total. The van der Waals surface area contributed by atoms with Crippen LogP contribution in [-0.2, 0) is 16.7 Å². The van der Waals surface area contributed by atoms with Gasteiger partial charge in [0.25, 0.3) is 0 Å². The summed E-state index contributed by atoms with van der Waals surface area (Å²) in [7, 11) is -4.51. The molecule has 1 atom stereocenters. The Bertz CT molecular complexity index is 1360. The summed E-state index contributed by atoms with van der Waals surface area (Å²) in [5, 5.41) is 24.4. The fraction of sp³-hybridized carbons (Fsp3) is 0.333. The fourth-order valence-electron chi connectivity index (χ4n) is 3.81. The van der Waals surface area contributed by atoms with E-state index in [1.807, 2.05) is 0 Å². The van der Waals surface area contributed by atoms with Gasteiger partial charge in [-0.25, -0.2) is 0 Å². The minimum atomic E-state index is -6.03. The number of hydrogen-bond donors (Lipinski definition) is 1. The number of rotatable bonds is 6. The number of alkyl halides is 3. The number of aliphatic hydroxyl groups is 1. The summed E-state index contributed by atoms with van der Waals surface area (Å²) in [6.07, 6.45) is 1.20. The Labute approximate surface area is 192 Å². The van der Waals surface area contributed by atoms with Crippen LogP contribution in [0.2, 0.25) is 0 Å². The Morgan fingerprint density at radius 2 is 2.00 bits per heavy atom. The second-order valence-corrected chi connectivity index (χ2v) is 9.20. The van der Waals surface area contributed by atoms with Crippen molar-refractivity contribution in [2.24, 2.45) is 0 Å². The highest BCUT2D eigenvalue weighted by atomic mass is 32.2. The van der Waals surface area contributed by atoms with Gasteiger partial charge in [-0.2, -0.15) is 31.9 Å². The average molecular weight is 496 g/mol. The van der Waals surface area contributed by atoms with E-state index in [4.69, 9.17) is 4.74 Å². The Hall–Kier alpha value is -3.50. The topological polar surface area (TPSA) is 118 Å². The Kier molecular flexibility index (Phi) is 6.05. The van der Waals surface area contributed by atoms with Gasteiger partial charge in [0, 0.05) is 24.5 Å². The monoisotopic (exact) mass is 496 g/mol. The van der Waals surface area contributed by atoms with Gasteiger partial charge < -0.3 is 18.9 Å². The SMILES string of the molecule is COc1ccc(Cn2ncc3c(N4CCC(O)C4)cc(OS(=O)(=O)C(F)(F)F)c(C#N)c32)cc1. The maximum atomic E-state index is 13.0. The van der Waals surface area contributed by atoms with Crippen LogP contribution in [0.4, 0.5) is 18.9 Å². The summed E-state index contributed by atoms with van der Waals surface area (Å²) in [5.74, 6) is -0.144. The maximum Gasteiger partial charge on any atom is 0.534 e. The van der Waals surface area contributed by atoms with Gasteiger partial charge in [-0.15, -0.1) is 0 Å². The van der Waals surface area contributed by atoms with Crippen LogP contribution in [0.1, 0.15) is 17.5 Å². The highest BCUT2D eigenvalue weighted by Gasteiger charge is 2.49. The summed E-state index contributed by atoms with van der Waals surface area (Å²) < 4.78 is 73.5. The second-order valence-electron chi connectivity index (χ2n) is 7.66. The van der Waals surface area contributed by atoms with Crippen LogP contribution in [-0.4, -0.2) is 55.1 Å². The zero-order valence-corrected chi connectivity index (χ0v) is 18.6. The number of anilines is 1. The second kappa shape index (κ2) is 8.69. The van der Waals surface area contributed by atoms with Crippen molar-refractivity contribution in [1.29, 1.82) is 5.26 Å². The summed E-state index contributed by atoms with van der Waals surface area (Å²) in [6, 6.07) is 9.78. The van der Waals surface area contributed by atoms with Crippen molar-refractivity contribution in [2.45, 2.75) is 24.6 Å². The molecule has 3 aromatic rings. The van der Waals surface area contributed by atoms with Crippen LogP contribution >= 0.6 is 0 Å². The Balaban J connectivity index is 1.88. The highest BCUT2D eigenvalue weighted by Crippen LogP contribution is 2.39. The van der Waals surface area contributed by atoms with Gasteiger partial charge in [0.05, 0.1) is 37.2 Å². The molecule has 34 heavy (non-hydrogen) atoms. The third kappa shape index (κ3) is 4.34. The molecule has 13 heteroatoms. The molecule has 180 valence electrons. The quantitative estimate of drug-likeness (QED) is 0.409. The number of hydrogen-bond acceptors (Lipinski definition) is 8. The number of β-amino-alcohol motifs (C(OH)–C–C–N with tert-alkyl or cyclic N) is 1. The van der Waals surface area contributed by atoms with Crippen LogP contribution < -0.4 is 13.8 Å². The molecule has 0 aliphatic carbocycles. The van der Waals surface area contributed by atoms with Crippen LogP contribution in [0.25, 0.3) is 10.9 Å². The van der Waals surface area contributed by atoms with Crippen molar-refractivity contribution in [3.63, 3.8) is 0 Å². The standard InChI is InChI=1S/C21H19F3N4O5S/c1-32-15-4-2-13(3-5-15)11-28-20-16(9-25)19(33-34(30,31)21(22,23)24)8-18(17(20)10-26-28)27-7-6-14(29)12-27/h2-5,8,10,14,29H,6-7,11-12H2,1H3. The molecule has 1 fully saturated rings. The summed E-state index contributed by atoms with van der Waals surface area (Å²) in [4.78, 5) is 1.68. The number of aliphatic hydroxyl groups excluding tert-OH is 1. The zero-order chi connectivity index (χ0) is 24.7. The van der Waals surface area contributed by atoms with Crippen molar-refractivity contribution < 1.29 is 35.6 Å². The number of halogens is 3. The first kappa shape index (κ1) is 23.7. The van der Waals surface area contributed by atoms with Gasteiger partial charge >= 0.3 is 15.6 Å². The van der Waals surface area contributed by atoms with E-state index in [1.54, 1.807) is 35.2 Å². The van der Waals surface area contributed by atoms with E-state index in [0.717, 1.165) is 11.6 Å². The molecule has 4 rings (SSSR count). The maximum absolute atomic E-state index is 13.0. The van der Waals surface area contributed by atoms with Crippen LogP contribution in [0.5, 0.6) is 11.5 Å². The van der Waals surface area contributed by atoms with Crippen molar-refractivity contribution >= 4 is 26.7 Å². The summed E-state index contributed by atoms with van der Waals surface area (Å²) in [6.45, 7) is 0.688. The predicted molar refractivity (Wildman–Crippen MR) is 115 cm³/mol. The van der Waals surface area contributed by atoms with Crippen molar-refractivity contribution in [2.75, 3.05) is 25.1 Å². The van der Waals surface area contributed by atoms with Crippen molar-refractivity contribution in [3.05, 3.63) is 47.7 Å². The zero-order valence-electron chi connectivity index (χ0n) is 17.8. The third-order valence-corrected chi connectivity index (χ3v) is 6.42. The molecule has 2 aromatic carbocycles. The third-order valence-electron chi connectivity index (χ3n) is 5.46. The van der Waals surface area contributed by atoms with Gasteiger partial charge in [0.2, 0.25) is 0 Å². The first-order valence-electron chi connectivity index (χ1n) is 10.0. The van der Waals surface area contributed by atoms with Gasteiger partial charge in [0.1, 0.15) is 17.4 Å². The van der Waals surface area contributed by atoms with Gasteiger partial charge in [-0.3, -0.25) is 4.68 Å². The highest BCUT2D eigenvalue weighted by molar-refractivity contribution is 7.88. The van der Waals surface area contributed by atoms with Crippen LogP contribution in [0.3, 0.4) is 0 Å². The van der Waals surface area contributed by atoms with Crippen molar-refractivity contribution in [1.82, 2.24) is 9.78 Å². The molecular formula is C21H19F3N4O5S. The first-order chi connectivity index (χ1) is 16.0. The number of methoxy groups -OCH3 is 1. The molecular weight excluding hydrogens is 477 g/mol. The smallest absolute Gasteiger partial charge is 0.497 e. The van der Waals surface area contributed by atoms with E-state index in [0.29, 0.717) is 29.8 Å². The van der Waals surface area contributed by atoms with Gasteiger partial charge in [-0.1, -0.05) is 12.1 Å². The van der Waals surface area contributed by atoms with Gasteiger partial charge in [0.15, 0.2) is 5.75 Å². The molecule has 0 radical (unpaired) electrons. The molecule has 9 nitrogen and oxygen atoms in total. The molecule has 1 unspecified atom stereocenters. The molecule has 2 heterocycles. The van der Waals surface area contributed by atoms with E-state index in [2.05, 4.69) is 9.28 Å². The molecule has 1 aromatic heterocycles. The largest absolute Gasteiger partial charge is 0.534 e. The summed E-state index contributed by atoms with van der Waals surface area (Å²) in [5.41, 5.74) is -4.91. The Morgan fingerprint density at radius 1 is 1.29 bits per heavy atom. The lowest BCUT2D eigenvalue weighted by atomic mass is 10.1. The lowest BCUT2D eigenvalue weighted by molar-refractivity contribution is -0.0500. The minimum absolute atomic E-state index is 0.115. The number of nitriles is 1. The normalized spacial score (nSPS) is 16.6. The molecule has 0 bridgehead atoms. The Morgan fingerprint density at radius 3 is 2.56 bits per heavy atom. The fourth-order valence-corrected chi connectivity index (χ4v) is 4.27. The molecule has 0 amide bonds. The molecule has 1 saturated heterocycles. The predicted octanol–water partition coefficient (Wildman–Crippen LogP) is 2.76. The van der Waals surface area contributed by atoms with E-state index < -0.39 is 33.0 Å². The lowest BCUT2D eigenvalue weighted by Crippen LogP contribution is -2.28. The van der Waals surface area contributed by atoms with E-state index in [9.17, 15) is 32.0 Å². The molecule has 1 aliphatic rings. The van der Waals surface area contributed by atoms with Crippen LogP contribution in [0.15, 0.2) is 36.5 Å². The average Bonchev–Trinajstić information content (AvgIpc) is 3.39. The minimum Gasteiger partial charge on any atom is -0.497 e. The van der Waals surface area contributed by atoms with E-state index in [1.165, 1.54) is 18.0 Å². The summed E-state index contributed by atoms with van der Waals surface area (Å²) >= 11 is 0. The number of ether oxygens (including phenoxy) is 1. The van der Waals surface area contributed by atoms with Gasteiger partial charge in [-0.05, 0) is 24.1 Å². The van der Waals surface area contributed by atoms with E-state index in [-0.39, 0.29) is 18.6 Å². The van der Waals surface area contributed by atoms with Crippen LogP contribution in [0, 0.1) is 11.3 Å². The first-order valence-corrected chi connectivity index (χ1v) is 11.4. The molecule has 0 saturated carbocycles. The molecule has 0 spiro atoms. The number of benzene rings is 2. The van der Waals surface area contributed by atoms with Crippen molar-refractivity contribution in [3.8, 4) is 17.6 Å². The lowest BCUT2D eigenvalue weighted by Gasteiger charge is -2.21. The number of nitrogens with zero attached hydrogens (tertiary/aromatic N) is 4.